The van der Waals surface area contributed by atoms with E-state index < -0.39 is 22.0 Å². The van der Waals surface area contributed by atoms with Crippen molar-refractivity contribution in [1.29, 1.82) is 0 Å². The second-order valence-electron chi connectivity index (χ2n) is 11.3. The average Bonchev–Trinajstić information content (AvgIpc) is 3.88. The molecular formula is C33H37N5O6S. The van der Waals surface area contributed by atoms with E-state index in [0.717, 1.165) is 23.0 Å². The van der Waals surface area contributed by atoms with Gasteiger partial charge in [-0.3, -0.25) is 10.1 Å². The van der Waals surface area contributed by atoms with Gasteiger partial charge >= 0.3 is 6.09 Å². The number of H-pyrrole nitrogens is 1. The van der Waals surface area contributed by atoms with Gasteiger partial charge in [0.15, 0.2) is 9.84 Å². The Morgan fingerprint density at radius 2 is 1.89 bits per heavy atom. The van der Waals surface area contributed by atoms with Crippen molar-refractivity contribution in [2.24, 2.45) is 0 Å². The number of aromatic amines is 1. The van der Waals surface area contributed by atoms with Crippen molar-refractivity contribution < 1.29 is 22.7 Å². The van der Waals surface area contributed by atoms with Crippen LogP contribution in [0.1, 0.15) is 60.4 Å². The SMILES string of the molecule is CC[C@@H](COC(=O)Nc1ccc(S(=O)(=O)C2CC2)c(CNC)c1)c1ccc(C(C=O)Nc2ccc3nc[nH]c(=O)c3c2)cc1C. The minimum atomic E-state index is -3.38. The van der Waals surface area contributed by atoms with Crippen molar-refractivity contribution in [3.8, 4) is 0 Å². The van der Waals surface area contributed by atoms with E-state index in [1.165, 1.54) is 6.33 Å². The molecule has 1 unspecified atom stereocenters. The van der Waals surface area contributed by atoms with Gasteiger partial charge in [0.25, 0.3) is 5.56 Å². The van der Waals surface area contributed by atoms with Gasteiger partial charge in [0.1, 0.15) is 18.9 Å². The molecule has 0 saturated heterocycles. The van der Waals surface area contributed by atoms with Crippen LogP contribution in [-0.2, 0) is 25.9 Å². The maximum Gasteiger partial charge on any atom is 0.411 e. The molecule has 4 aromatic rings. The molecule has 0 radical (unpaired) electrons. The number of ether oxygens (including phenoxy) is 1. The quantitative estimate of drug-likeness (QED) is 0.149. The Bertz CT molecular complexity index is 1890. The number of aryl methyl sites for hydroxylation is 1. The number of aromatic nitrogens is 2. The Kier molecular flexibility index (Phi) is 9.64. The molecule has 5 rings (SSSR count). The smallest absolute Gasteiger partial charge is 0.411 e. The van der Waals surface area contributed by atoms with Gasteiger partial charge in [0.2, 0.25) is 0 Å². The van der Waals surface area contributed by atoms with Crippen molar-refractivity contribution in [1.82, 2.24) is 15.3 Å². The van der Waals surface area contributed by atoms with Crippen molar-refractivity contribution in [2.75, 3.05) is 24.3 Å². The van der Waals surface area contributed by atoms with Crippen LogP contribution >= 0.6 is 0 Å². The summed E-state index contributed by atoms with van der Waals surface area (Å²) in [5, 5.41) is 9.00. The number of amides is 1. The third-order valence-corrected chi connectivity index (χ3v) is 10.4. The number of hydrogen-bond donors (Lipinski definition) is 4. The number of nitrogens with zero attached hydrogens (tertiary/aromatic N) is 1. The monoisotopic (exact) mass is 631 g/mol. The summed E-state index contributed by atoms with van der Waals surface area (Å²) in [4.78, 5) is 44.0. The fourth-order valence-corrected chi connectivity index (χ4v) is 7.33. The first-order chi connectivity index (χ1) is 21.6. The van der Waals surface area contributed by atoms with E-state index in [2.05, 4.69) is 25.9 Å². The van der Waals surface area contributed by atoms with Gasteiger partial charge in [-0.05, 0) is 91.9 Å². The first-order valence-corrected chi connectivity index (χ1v) is 16.4. The number of nitrogens with one attached hydrogen (secondary N) is 4. The third-order valence-electron chi connectivity index (χ3n) is 8.04. The average molecular weight is 632 g/mol. The first-order valence-electron chi connectivity index (χ1n) is 14.9. The molecule has 1 aliphatic carbocycles. The minimum absolute atomic E-state index is 0.0851. The van der Waals surface area contributed by atoms with Gasteiger partial charge in [-0.25, -0.2) is 18.2 Å². The first kappa shape index (κ1) is 31.9. The fourth-order valence-electron chi connectivity index (χ4n) is 5.46. The number of fused-ring (bicyclic) bond motifs is 1. The van der Waals surface area contributed by atoms with E-state index in [4.69, 9.17) is 4.74 Å². The summed E-state index contributed by atoms with van der Waals surface area (Å²) in [5.41, 5.74) is 4.65. The molecule has 1 aliphatic rings. The lowest BCUT2D eigenvalue weighted by molar-refractivity contribution is -0.108. The van der Waals surface area contributed by atoms with Crippen LogP contribution in [0.15, 0.2) is 70.6 Å². The van der Waals surface area contributed by atoms with E-state index in [0.29, 0.717) is 58.5 Å². The number of anilines is 2. The summed E-state index contributed by atoms with van der Waals surface area (Å²) in [6.45, 7) is 4.44. The molecule has 1 heterocycles. The maximum absolute atomic E-state index is 12.8. The number of aldehydes is 1. The summed E-state index contributed by atoms with van der Waals surface area (Å²) in [6, 6.07) is 15.1. The Morgan fingerprint density at radius 1 is 1.11 bits per heavy atom. The van der Waals surface area contributed by atoms with Gasteiger partial charge in [0, 0.05) is 23.8 Å². The van der Waals surface area contributed by atoms with Crippen molar-refractivity contribution >= 4 is 44.5 Å². The highest BCUT2D eigenvalue weighted by atomic mass is 32.2. The summed E-state index contributed by atoms with van der Waals surface area (Å²) < 4.78 is 31.3. The number of hydrogen-bond acceptors (Lipinski definition) is 9. The van der Waals surface area contributed by atoms with Crippen molar-refractivity contribution in [2.45, 2.75) is 61.8 Å². The second kappa shape index (κ2) is 13.6. The molecule has 0 bridgehead atoms. The molecule has 12 heteroatoms. The highest BCUT2D eigenvalue weighted by molar-refractivity contribution is 7.92. The van der Waals surface area contributed by atoms with Crippen LogP contribution in [0.5, 0.6) is 0 Å². The molecule has 1 amide bonds. The van der Waals surface area contributed by atoms with Gasteiger partial charge in [-0.2, -0.15) is 0 Å². The predicted molar refractivity (Wildman–Crippen MR) is 173 cm³/mol. The van der Waals surface area contributed by atoms with E-state index in [9.17, 15) is 22.8 Å². The molecule has 1 saturated carbocycles. The number of sulfone groups is 1. The third kappa shape index (κ3) is 7.23. The van der Waals surface area contributed by atoms with Gasteiger partial charge in [-0.1, -0.05) is 25.1 Å². The highest BCUT2D eigenvalue weighted by Crippen LogP contribution is 2.36. The van der Waals surface area contributed by atoms with E-state index in [1.807, 2.05) is 32.0 Å². The molecule has 1 fully saturated rings. The molecule has 236 valence electrons. The fraction of sp³-hybridized carbons (Fsp3) is 0.333. The maximum atomic E-state index is 12.8. The van der Waals surface area contributed by atoms with E-state index >= 15 is 0 Å². The molecule has 45 heavy (non-hydrogen) atoms. The molecule has 11 nitrogen and oxygen atoms in total. The Morgan fingerprint density at radius 3 is 2.58 bits per heavy atom. The molecule has 4 N–H and O–H groups in total. The summed E-state index contributed by atoms with van der Waals surface area (Å²) in [6.07, 6.45) is 3.59. The normalized spacial score (nSPS) is 14.5. The van der Waals surface area contributed by atoms with E-state index in [-0.39, 0.29) is 23.3 Å². The van der Waals surface area contributed by atoms with Gasteiger partial charge in [-0.15, -0.1) is 0 Å². The standard InChI is InChI=1S/C33H37N5O6S/c1-4-21(18-44-33(41)38-24-7-12-31(23(14-24)16-34-3)45(42,43)26-8-9-26)27-10-5-22(13-20(27)2)30(17-39)37-25-6-11-29-28(15-25)32(40)36-19-35-29/h5-7,10-15,17,19,21,26,30,34,37H,4,8-9,16,18H2,1-3H3,(H,38,41)(H,35,36,40)/t21-,30?/m0/s1. The number of benzene rings is 3. The highest BCUT2D eigenvalue weighted by Gasteiger charge is 2.38. The lowest BCUT2D eigenvalue weighted by Gasteiger charge is -2.21. The van der Waals surface area contributed by atoms with Crippen molar-refractivity contribution in [3.63, 3.8) is 0 Å². The van der Waals surface area contributed by atoms with Crippen LogP contribution in [0, 0.1) is 6.92 Å². The zero-order chi connectivity index (χ0) is 32.1. The van der Waals surface area contributed by atoms with Crippen LogP contribution in [-0.4, -0.2) is 49.7 Å². The second-order valence-corrected chi connectivity index (χ2v) is 13.5. The van der Waals surface area contributed by atoms with E-state index in [1.54, 1.807) is 43.4 Å². The summed E-state index contributed by atoms with van der Waals surface area (Å²) in [5.74, 6) is -0.0851. The van der Waals surface area contributed by atoms with Gasteiger partial charge < -0.3 is 25.1 Å². The number of carbonyl (C=O) groups excluding carboxylic acids is 2. The van der Waals surface area contributed by atoms with Crippen LogP contribution in [0.4, 0.5) is 16.2 Å². The van der Waals surface area contributed by atoms with Crippen molar-refractivity contribution in [3.05, 3.63) is 93.5 Å². The lowest BCUT2D eigenvalue weighted by atomic mass is 9.91. The summed E-state index contributed by atoms with van der Waals surface area (Å²) in [7, 11) is -1.64. The number of rotatable bonds is 13. The number of carbonyl (C=O) groups is 2. The molecule has 2 atom stereocenters. The van der Waals surface area contributed by atoms with Crippen LogP contribution in [0.25, 0.3) is 10.9 Å². The molecular weight excluding hydrogens is 594 g/mol. The summed E-state index contributed by atoms with van der Waals surface area (Å²) >= 11 is 0. The largest absolute Gasteiger partial charge is 0.449 e. The topological polar surface area (TPSA) is 159 Å². The zero-order valence-corrected chi connectivity index (χ0v) is 26.2. The minimum Gasteiger partial charge on any atom is -0.449 e. The Balaban J connectivity index is 1.24. The molecule has 1 aromatic heterocycles. The Hall–Kier alpha value is -4.55. The Labute approximate surface area is 261 Å². The van der Waals surface area contributed by atoms with Crippen LogP contribution in [0.3, 0.4) is 0 Å². The van der Waals surface area contributed by atoms with Crippen LogP contribution in [0.2, 0.25) is 0 Å². The molecule has 0 aliphatic heterocycles. The van der Waals surface area contributed by atoms with Crippen LogP contribution < -0.4 is 21.5 Å². The van der Waals surface area contributed by atoms with Gasteiger partial charge in [0.05, 0.1) is 27.4 Å². The zero-order valence-electron chi connectivity index (χ0n) is 25.4. The molecule has 3 aromatic carbocycles. The lowest BCUT2D eigenvalue weighted by Crippen LogP contribution is -2.19. The predicted octanol–water partition coefficient (Wildman–Crippen LogP) is 4.98. The molecule has 0 spiro atoms.